The lowest BCUT2D eigenvalue weighted by Crippen LogP contribution is -2.48. The number of carbonyl (C=O) groups is 1. The number of nitrogens with zero attached hydrogens (tertiary/aromatic N) is 3. The number of ether oxygens (including phenoxy) is 1. The van der Waals surface area contributed by atoms with Crippen LogP contribution in [0, 0.1) is 0 Å². The molecule has 3 N–H and O–H groups in total. The average molecular weight is 433 g/mol. The molecule has 1 fully saturated rings. The highest BCUT2D eigenvalue weighted by Crippen LogP contribution is 2.11. The Kier molecular flexibility index (Phi) is 8.67. The molecule has 1 saturated heterocycles. The van der Waals surface area contributed by atoms with Gasteiger partial charge in [0.05, 0.1) is 13.2 Å². The first-order chi connectivity index (χ1) is 10.7. The minimum absolute atomic E-state index is 0. The van der Waals surface area contributed by atoms with Crippen molar-refractivity contribution in [2.45, 2.75) is 32.4 Å². The molecule has 23 heavy (non-hydrogen) atoms. The van der Waals surface area contributed by atoms with Crippen LogP contribution < -0.4 is 11.1 Å². The third kappa shape index (κ3) is 6.59. The second-order valence-electron chi connectivity index (χ2n) is 5.17. The lowest BCUT2D eigenvalue weighted by molar-refractivity contribution is 0.0963. The number of carbonyl (C=O) groups excluding carboxylic acids is 1. The summed E-state index contributed by atoms with van der Waals surface area (Å²) in [5.74, 6) is 0.429. The summed E-state index contributed by atoms with van der Waals surface area (Å²) >= 11 is 0. The molecule has 1 amide bonds. The summed E-state index contributed by atoms with van der Waals surface area (Å²) in [6, 6.07) is 4.07. The zero-order valence-electron chi connectivity index (χ0n) is 13.3. The third-order valence-corrected chi connectivity index (χ3v) is 3.53. The van der Waals surface area contributed by atoms with E-state index in [1.807, 2.05) is 19.1 Å². The average Bonchev–Trinajstić information content (AvgIpc) is 2.55. The van der Waals surface area contributed by atoms with Crippen molar-refractivity contribution >= 4 is 36.0 Å². The van der Waals surface area contributed by atoms with Crippen LogP contribution in [0.3, 0.4) is 0 Å². The fraction of sp³-hybridized carbons (Fsp3) is 0.533. The van der Waals surface area contributed by atoms with E-state index in [-0.39, 0.29) is 36.1 Å². The molecule has 0 aromatic carbocycles. The van der Waals surface area contributed by atoms with Crippen molar-refractivity contribution in [1.29, 1.82) is 0 Å². The summed E-state index contributed by atoms with van der Waals surface area (Å²) in [6.45, 7) is 4.07. The molecule has 7 nitrogen and oxygen atoms in total. The van der Waals surface area contributed by atoms with Gasteiger partial charge in [-0.25, -0.2) is 9.79 Å². The van der Waals surface area contributed by atoms with Gasteiger partial charge < -0.3 is 20.7 Å². The van der Waals surface area contributed by atoms with Gasteiger partial charge >= 0.3 is 6.09 Å². The van der Waals surface area contributed by atoms with Gasteiger partial charge in [0.25, 0.3) is 0 Å². The summed E-state index contributed by atoms with van der Waals surface area (Å²) in [6.07, 6.45) is 4.93. The molecule has 8 heteroatoms. The fourth-order valence-electron chi connectivity index (χ4n) is 2.34. The topological polar surface area (TPSA) is 92.8 Å². The quantitative estimate of drug-likeness (QED) is 0.429. The van der Waals surface area contributed by atoms with Crippen LogP contribution in [0.4, 0.5) is 4.79 Å². The van der Waals surface area contributed by atoms with Crippen molar-refractivity contribution in [2.75, 3.05) is 19.7 Å². The predicted octanol–water partition coefficient (Wildman–Crippen LogP) is 1.72. The molecular weight excluding hydrogens is 409 g/mol. The molecular formula is C15H24IN5O2. The van der Waals surface area contributed by atoms with Gasteiger partial charge in [-0.1, -0.05) is 6.07 Å². The Balaban J connectivity index is 0.00000264. The SMILES string of the molecule is CCOC(=O)N1CCC(NC(N)=NCc2cccnc2)CC1.I. The first kappa shape index (κ1) is 19.5. The highest BCUT2D eigenvalue weighted by molar-refractivity contribution is 14.0. The molecule has 1 aromatic heterocycles. The van der Waals surface area contributed by atoms with Crippen LogP contribution in [-0.2, 0) is 11.3 Å². The van der Waals surface area contributed by atoms with E-state index in [1.54, 1.807) is 17.3 Å². The van der Waals surface area contributed by atoms with Crippen LogP contribution >= 0.6 is 24.0 Å². The number of halogens is 1. The number of amides is 1. The summed E-state index contributed by atoms with van der Waals surface area (Å²) < 4.78 is 5.00. The van der Waals surface area contributed by atoms with Crippen LogP contribution in [-0.4, -0.2) is 47.7 Å². The molecule has 0 unspecified atom stereocenters. The summed E-state index contributed by atoms with van der Waals surface area (Å²) in [5, 5.41) is 3.21. The van der Waals surface area contributed by atoms with Gasteiger partial charge in [0, 0.05) is 31.5 Å². The fourth-order valence-corrected chi connectivity index (χ4v) is 2.34. The largest absolute Gasteiger partial charge is 0.450 e. The number of aromatic nitrogens is 1. The summed E-state index contributed by atoms with van der Waals surface area (Å²) in [5.41, 5.74) is 6.93. The molecule has 0 spiro atoms. The number of aliphatic imine (C=N–C) groups is 1. The van der Waals surface area contributed by atoms with Crippen molar-refractivity contribution in [3.63, 3.8) is 0 Å². The molecule has 0 aliphatic carbocycles. The van der Waals surface area contributed by atoms with Crippen LogP contribution in [0.1, 0.15) is 25.3 Å². The van der Waals surface area contributed by atoms with Gasteiger partial charge in [0.1, 0.15) is 0 Å². The second-order valence-corrected chi connectivity index (χ2v) is 5.17. The third-order valence-electron chi connectivity index (χ3n) is 3.53. The highest BCUT2D eigenvalue weighted by Gasteiger charge is 2.23. The molecule has 2 rings (SSSR count). The van der Waals surface area contributed by atoms with E-state index in [2.05, 4.69) is 15.3 Å². The zero-order chi connectivity index (χ0) is 15.8. The number of rotatable bonds is 4. The number of hydrogen-bond acceptors (Lipinski definition) is 4. The van der Waals surface area contributed by atoms with Crippen molar-refractivity contribution in [3.8, 4) is 0 Å². The lowest BCUT2D eigenvalue weighted by Gasteiger charge is -2.31. The Morgan fingerprint density at radius 1 is 1.52 bits per heavy atom. The standard InChI is InChI=1S/C15H23N5O2.HI/c1-2-22-15(21)20-8-5-13(6-9-20)19-14(16)18-11-12-4-3-7-17-10-12;/h3-4,7,10,13H,2,5-6,8-9,11H2,1H3,(H3,16,18,19);1H. The molecule has 0 bridgehead atoms. The molecule has 0 saturated carbocycles. The minimum atomic E-state index is -0.237. The summed E-state index contributed by atoms with van der Waals surface area (Å²) in [4.78, 5) is 21.7. The molecule has 2 heterocycles. The lowest BCUT2D eigenvalue weighted by atomic mass is 10.1. The molecule has 1 aliphatic heterocycles. The number of hydrogen-bond donors (Lipinski definition) is 2. The Bertz CT molecular complexity index is 504. The Morgan fingerprint density at radius 3 is 2.87 bits per heavy atom. The number of pyridine rings is 1. The van der Waals surface area contributed by atoms with Gasteiger partial charge in [-0.15, -0.1) is 24.0 Å². The predicted molar refractivity (Wildman–Crippen MR) is 99.7 cm³/mol. The van der Waals surface area contributed by atoms with Gasteiger partial charge in [0.2, 0.25) is 0 Å². The van der Waals surface area contributed by atoms with E-state index in [0.717, 1.165) is 18.4 Å². The normalized spacial score (nSPS) is 15.7. The van der Waals surface area contributed by atoms with Crippen molar-refractivity contribution in [3.05, 3.63) is 30.1 Å². The summed E-state index contributed by atoms with van der Waals surface area (Å²) in [7, 11) is 0. The molecule has 0 atom stereocenters. The van der Waals surface area contributed by atoms with E-state index in [1.165, 1.54) is 0 Å². The van der Waals surface area contributed by atoms with E-state index >= 15 is 0 Å². The van der Waals surface area contributed by atoms with Gasteiger partial charge in [-0.3, -0.25) is 4.98 Å². The van der Waals surface area contributed by atoms with E-state index < -0.39 is 0 Å². The molecule has 1 aromatic rings. The van der Waals surface area contributed by atoms with Crippen molar-refractivity contribution < 1.29 is 9.53 Å². The van der Waals surface area contributed by atoms with Crippen LogP contribution in [0.25, 0.3) is 0 Å². The monoisotopic (exact) mass is 433 g/mol. The number of nitrogens with one attached hydrogen (secondary N) is 1. The van der Waals surface area contributed by atoms with Crippen LogP contribution in [0.2, 0.25) is 0 Å². The maximum absolute atomic E-state index is 11.6. The van der Waals surface area contributed by atoms with Gasteiger partial charge in [-0.2, -0.15) is 0 Å². The van der Waals surface area contributed by atoms with Gasteiger partial charge in [0.15, 0.2) is 5.96 Å². The Morgan fingerprint density at radius 2 is 2.26 bits per heavy atom. The maximum atomic E-state index is 11.6. The molecule has 1 aliphatic rings. The minimum Gasteiger partial charge on any atom is -0.450 e. The Hall–Kier alpha value is -1.58. The van der Waals surface area contributed by atoms with E-state index in [0.29, 0.717) is 32.2 Å². The number of nitrogens with two attached hydrogens (primary N) is 1. The molecule has 128 valence electrons. The second kappa shape index (κ2) is 10.2. The molecule has 0 radical (unpaired) electrons. The number of likely N-dealkylation sites (tertiary alicyclic amines) is 1. The van der Waals surface area contributed by atoms with Crippen molar-refractivity contribution in [1.82, 2.24) is 15.2 Å². The van der Waals surface area contributed by atoms with E-state index in [9.17, 15) is 4.79 Å². The van der Waals surface area contributed by atoms with Crippen LogP contribution in [0.15, 0.2) is 29.5 Å². The highest BCUT2D eigenvalue weighted by atomic mass is 127. The van der Waals surface area contributed by atoms with Crippen LogP contribution in [0.5, 0.6) is 0 Å². The zero-order valence-corrected chi connectivity index (χ0v) is 15.6. The number of piperidine rings is 1. The first-order valence-electron chi connectivity index (χ1n) is 7.56. The first-order valence-corrected chi connectivity index (χ1v) is 7.56. The Labute approximate surface area is 153 Å². The number of guanidine groups is 1. The van der Waals surface area contributed by atoms with Gasteiger partial charge in [-0.05, 0) is 31.4 Å². The maximum Gasteiger partial charge on any atom is 0.409 e. The smallest absolute Gasteiger partial charge is 0.409 e. The van der Waals surface area contributed by atoms with E-state index in [4.69, 9.17) is 10.5 Å². The van der Waals surface area contributed by atoms with Crippen molar-refractivity contribution in [2.24, 2.45) is 10.7 Å².